The zero-order valence-corrected chi connectivity index (χ0v) is 13.9. The number of ether oxygens (including phenoxy) is 1. The van der Waals surface area contributed by atoms with Gasteiger partial charge in [0.05, 0.1) is 6.61 Å². The Morgan fingerprint density at radius 1 is 1.15 bits per heavy atom. The average molecular weight is 365 g/mol. The summed E-state index contributed by atoms with van der Waals surface area (Å²) in [6, 6.07) is 8.80. The zero-order valence-electron chi connectivity index (χ0n) is 13.9. The van der Waals surface area contributed by atoms with Crippen molar-refractivity contribution < 1.29 is 22.7 Å². The quantitative estimate of drug-likeness (QED) is 0.833. The summed E-state index contributed by atoms with van der Waals surface area (Å²) in [5, 5.41) is 0. The standard InChI is InChI=1S/C18H18F3N3O2/c19-18(20,21)15-5-3-6-16(23-15)26-12-13-7-10-24(11-8-13)17(25)14-4-1-2-9-22-14/h1-6,9,13H,7-8,10-12H2. The summed E-state index contributed by atoms with van der Waals surface area (Å²) in [5.74, 6) is 0.0236. The molecule has 138 valence electrons. The number of pyridine rings is 2. The number of hydrogen-bond acceptors (Lipinski definition) is 4. The van der Waals surface area contributed by atoms with Gasteiger partial charge in [-0.25, -0.2) is 4.98 Å². The first kappa shape index (κ1) is 18.2. The third-order valence-corrected chi connectivity index (χ3v) is 4.27. The second kappa shape index (κ2) is 7.72. The lowest BCUT2D eigenvalue weighted by Crippen LogP contribution is -2.40. The topological polar surface area (TPSA) is 55.3 Å². The molecular formula is C18H18F3N3O2. The molecule has 5 nitrogen and oxygen atoms in total. The van der Waals surface area contributed by atoms with Crippen LogP contribution in [0.4, 0.5) is 13.2 Å². The van der Waals surface area contributed by atoms with E-state index in [1.165, 1.54) is 12.1 Å². The van der Waals surface area contributed by atoms with Crippen LogP contribution in [0.1, 0.15) is 29.0 Å². The van der Waals surface area contributed by atoms with Crippen LogP contribution in [0.25, 0.3) is 0 Å². The molecule has 1 aliphatic rings. The minimum absolute atomic E-state index is 0.0354. The molecule has 2 aromatic rings. The van der Waals surface area contributed by atoms with Crippen LogP contribution in [0, 0.1) is 5.92 Å². The van der Waals surface area contributed by atoms with Gasteiger partial charge in [-0.2, -0.15) is 13.2 Å². The predicted octanol–water partition coefficient (Wildman–Crippen LogP) is 3.43. The highest BCUT2D eigenvalue weighted by molar-refractivity contribution is 5.92. The number of carbonyl (C=O) groups is 1. The van der Waals surface area contributed by atoms with Gasteiger partial charge in [-0.05, 0) is 37.0 Å². The maximum Gasteiger partial charge on any atom is 0.433 e. The van der Waals surface area contributed by atoms with Gasteiger partial charge < -0.3 is 9.64 Å². The van der Waals surface area contributed by atoms with Gasteiger partial charge in [0.1, 0.15) is 11.4 Å². The molecule has 0 atom stereocenters. The molecule has 3 rings (SSSR count). The van der Waals surface area contributed by atoms with E-state index in [2.05, 4.69) is 9.97 Å². The van der Waals surface area contributed by atoms with Gasteiger partial charge in [0.2, 0.25) is 5.88 Å². The van der Waals surface area contributed by atoms with E-state index in [1.807, 2.05) is 0 Å². The number of nitrogens with zero attached hydrogens (tertiary/aromatic N) is 3. The van der Waals surface area contributed by atoms with Crippen molar-refractivity contribution in [1.29, 1.82) is 0 Å². The van der Waals surface area contributed by atoms with E-state index in [0.29, 0.717) is 18.8 Å². The molecular weight excluding hydrogens is 347 g/mol. The second-order valence-electron chi connectivity index (χ2n) is 6.12. The molecule has 1 amide bonds. The maximum absolute atomic E-state index is 12.7. The van der Waals surface area contributed by atoms with Crippen molar-refractivity contribution in [3.63, 3.8) is 0 Å². The third kappa shape index (κ3) is 4.50. The smallest absolute Gasteiger partial charge is 0.433 e. The van der Waals surface area contributed by atoms with Crippen molar-refractivity contribution in [2.75, 3.05) is 19.7 Å². The third-order valence-electron chi connectivity index (χ3n) is 4.27. The lowest BCUT2D eigenvalue weighted by atomic mass is 9.97. The Balaban J connectivity index is 1.50. The molecule has 0 aliphatic carbocycles. The Kier molecular flexibility index (Phi) is 5.39. The fourth-order valence-electron chi connectivity index (χ4n) is 2.81. The number of piperidine rings is 1. The highest BCUT2D eigenvalue weighted by atomic mass is 19.4. The largest absolute Gasteiger partial charge is 0.477 e. The van der Waals surface area contributed by atoms with Crippen LogP contribution < -0.4 is 4.74 Å². The predicted molar refractivity (Wildman–Crippen MR) is 87.6 cm³/mol. The summed E-state index contributed by atoms with van der Waals surface area (Å²) < 4.78 is 43.4. The maximum atomic E-state index is 12.7. The van der Waals surface area contributed by atoms with Crippen molar-refractivity contribution >= 4 is 5.91 Å². The van der Waals surface area contributed by atoms with Crippen LogP contribution in [0.3, 0.4) is 0 Å². The van der Waals surface area contributed by atoms with E-state index < -0.39 is 11.9 Å². The molecule has 0 unspecified atom stereocenters. The first-order chi connectivity index (χ1) is 12.4. The van der Waals surface area contributed by atoms with Crippen LogP contribution in [-0.2, 0) is 6.18 Å². The SMILES string of the molecule is O=C(c1ccccn1)N1CCC(COc2cccc(C(F)(F)F)n2)CC1. The normalized spacial score (nSPS) is 15.7. The molecule has 26 heavy (non-hydrogen) atoms. The van der Waals surface area contributed by atoms with Gasteiger partial charge >= 0.3 is 6.18 Å². The van der Waals surface area contributed by atoms with Crippen LogP contribution in [-0.4, -0.2) is 40.5 Å². The number of carbonyl (C=O) groups excluding carboxylic acids is 1. The molecule has 8 heteroatoms. The van der Waals surface area contributed by atoms with Crippen LogP contribution in [0.5, 0.6) is 5.88 Å². The fraction of sp³-hybridized carbons (Fsp3) is 0.389. The molecule has 0 saturated carbocycles. The molecule has 0 spiro atoms. The van der Waals surface area contributed by atoms with Crippen molar-refractivity contribution in [3.8, 4) is 5.88 Å². The molecule has 0 bridgehead atoms. The van der Waals surface area contributed by atoms with Gasteiger partial charge in [0.25, 0.3) is 5.91 Å². The summed E-state index contributed by atoms with van der Waals surface area (Å²) in [4.78, 5) is 21.6. The Labute approximate surface area is 148 Å². The molecule has 1 aliphatic heterocycles. The van der Waals surface area contributed by atoms with Gasteiger partial charge in [-0.1, -0.05) is 12.1 Å². The Bertz CT molecular complexity index is 745. The van der Waals surface area contributed by atoms with Crippen molar-refractivity contribution in [2.24, 2.45) is 5.92 Å². The summed E-state index contributed by atoms with van der Waals surface area (Å²) >= 11 is 0. The van der Waals surface area contributed by atoms with E-state index in [-0.39, 0.29) is 24.3 Å². The highest BCUT2D eigenvalue weighted by Crippen LogP contribution is 2.29. The first-order valence-electron chi connectivity index (χ1n) is 8.31. The van der Waals surface area contributed by atoms with Gasteiger partial charge in [-0.15, -0.1) is 0 Å². The molecule has 2 aromatic heterocycles. The molecule has 0 N–H and O–H groups in total. The number of likely N-dealkylation sites (tertiary alicyclic amines) is 1. The summed E-state index contributed by atoms with van der Waals surface area (Å²) in [7, 11) is 0. The number of alkyl halides is 3. The minimum atomic E-state index is -4.49. The Morgan fingerprint density at radius 3 is 2.58 bits per heavy atom. The fourth-order valence-corrected chi connectivity index (χ4v) is 2.81. The number of amides is 1. The summed E-state index contributed by atoms with van der Waals surface area (Å²) in [6.45, 7) is 1.42. The van der Waals surface area contributed by atoms with Crippen LogP contribution >= 0.6 is 0 Å². The lowest BCUT2D eigenvalue weighted by molar-refractivity contribution is -0.141. The summed E-state index contributed by atoms with van der Waals surface area (Å²) in [6.07, 6.45) is -1.47. The molecule has 1 fully saturated rings. The number of aromatic nitrogens is 2. The molecule has 1 saturated heterocycles. The lowest BCUT2D eigenvalue weighted by Gasteiger charge is -2.31. The minimum Gasteiger partial charge on any atom is -0.477 e. The monoisotopic (exact) mass is 365 g/mol. The number of hydrogen-bond donors (Lipinski definition) is 0. The second-order valence-corrected chi connectivity index (χ2v) is 6.12. The summed E-state index contributed by atoms with van der Waals surface area (Å²) in [5.41, 5.74) is -0.554. The Morgan fingerprint density at radius 2 is 1.92 bits per heavy atom. The average Bonchev–Trinajstić information content (AvgIpc) is 2.66. The van der Waals surface area contributed by atoms with Gasteiger partial charge in [0, 0.05) is 25.4 Å². The van der Waals surface area contributed by atoms with Gasteiger partial charge in [0.15, 0.2) is 0 Å². The zero-order chi connectivity index (χ0) is 18.6. The van der Waals surface area contributed by atoms with Crippen molar-refractivity contribution in [3.05, 3.63) is 54.0 Å². The van der Waals surface area contributed by atoms with Crippen molar-refractivity contribution in [2.45, 2.75) is 19.0 Å². The van der Waals surface area contributed by atoms with E-state index in [9.17, 15) is 18.0 Å². The van der Waals surface area contributed by atoms with E-state index in [4.69, 9.17) is 4.74 Å². The molecule has 0 radical (unpaired) electrons. The highest BCUT2D eigenvalue weighted by Gasteiger charge is 2.32. The van der Waals surface area contributed by atoms with Crippen LogP contribution in [0.15, 0.2) is 42.6 Å². The first-order valence-corrected chi connectivity index (χ1v) is 8.31. The van der Waals surface area contributed by atoms with E-state index >= 15 is 0 Å². The van der Waals surface area contributed by atoms with Crippen molar-refractivity contribution in [1.82, 2.24) is 14.9 Å². The Hall–Kier alpha value is -2.64. The van der Waals surface area contributed by atoms with Gasteiger partial charge in [-0.3, -0.25) is 9.78 Å². The molecule has 3 heterocycles. The van der Waals surface area contributed by atoms with E-state index in [0.717, 1.165) is 18.9 Å². The number of rotatable bonds is 4. The van der Waals surface area contributed by atoms with Crippen LogP contribution in [0.2, 0.25) is 0 Å². The molecule has 0 aromatic carbocycles. The van der Waals surface area contributed by atoms with E-state index in [1.54, 1.807) is 29.3 Å². The number of halogens is 3.